The summed E-state index contributed by atoms with van der Waals surface area (Å²) in [6, 6.07) is 24.0. The highest BCUT2D eigenvalue weighted by molar-refractivity contribution is 6.01. The molecular weight excluding hydrogens is 380 g/mol. The molecule has 31 heavy (non-hydrogen) atoms. The zero-order valence-corrected chi connectivity index (χ0v) is 18.3. The molecule has 1 spiro atoms. The van der Waals surface area contributed by atoms with E-state index >= 15 is 0 Å². The summed E-state index contributed by atoms with van der Waals surface area (Å²) >= 11 is 0. The first-order valence-electron chi connectivity index (χ1n) is 11.4. The van der Waals surface area contributed by atoms with E-state index in [9.17, 15) is 0 Å². The van der Waals surface area contributed by atoms with Gasteiger partial charge in [0.1, 0.15) is 5.76 Å². The summed E-state index contributed by atoms with van der Waals surface area (Å²) in [7, 11) is 0. The fourth-order valence-electron chi connectivity index (χ4n) is 5.61. The van der Waals surface area contributed by atoms with Gasteiger partial charge in [0.25, 0.3) is 0 Å². The van der Waals surface area contributed by atoms with Gasteiger partial charge in [-0.1, -0.05) is 66.7 Å². The molecule has 0 fully saturated rings. The minimum Gasteiger partial charge on any atom is -0.464 e. The van der Waals surface area contributed by atoms with Gasteiger partial charge in [-0.15, -0.1) is 0 Å². The number of anilines is 1. The molecule has 6 rings (SSSR count). The van der Waals surface area contributed by atoms with Crippen molar-refractivity contribution >= 4 is 22.7 Å². The summed E-state index contributed by atoms with van der Waals surface area (Å²) in [5.41, 5.74) is 4.14. The van der Waals surface area contributed by atoms with Crippen LogP contribution in [0.1, 0.15) is 50.7 Å². The van der Waals surface area contributed by atoms with Gasteiger partial charge >= 0.3 is 0 Å². The Morgan fingerprint density at radius 2 is 1.68 bits per heavy atom. The van der Waals surface area contributed by atoms with Crippen molar-refractivity contribution in [2.24, 2.45) is 4.99 Å². The number of hydrogen-bond acceptors (Lipinski definition) is 3. The number of hydrogen-bond donors (Lipinski definition) is 0. The zero-order valence-electron chi connectivity index (χ0n) is 18.3. The Bertz CT molecular complexity index is 1220. The molecule has 3 aromatic carbocycles. The van der Waals surface area contributed by atoms with Gasteiger partial charge in [0.15, 0.2) is 0 Å². The van der Waals surface area contributed by atoms with Gasteiger partial charge in [-0.25, -0.2) is 0 Å². The van der Waals surface area contributed by atoms with E-state index in [1.54, 1.807) is 0 Å². The second-order valence-electron chi connectivity index (χ2n) is 9.51. The predicted molar refractivity (Wildman–Crippen MR) is 127 cm³/mol. The van der Waals surface area contributed by atoms with Gasteiger partial charge in [0.05, 0.1) is 23.0 Å². The van der Waals surface area contributed by atoms with Crippen LogP contribution in [0.2, 0.25) is 0 Å². The molecule has 2 heterocycles. The summed E-state index contributed by atoms with van der Waals surface area (Å²) in [4.78, 5) is 7.50. The average molecular weight is 409 g/mol. The van der Waals surface area contributed by atoms with Gasteiger partial charge in [0.2, 0.25) is 5.72 Å². The van der Waals surface area contributed by atoms with Gasteiger partial charge in [-0.2, -0.15) is 0 Å². The summed E-state index contributed by atoms with van der Waals surface area (Å²) in [6.07, 6.45) is 6.50. The van der Waals surface area contributed by atoms with Gasteiger partial charge < -0.3 is 9.64 Å². The van der Waals surface area contributed by atoms with Crippen LogP contribution in [-0.2, 0) is 16.7 Å². The van der Waals surface area contributed by atoms with E-state index in [-0.39, 0.29) is 5.41 Å². The smallest absolute Gasteiger partial charge is 0.228 e. The summed E-state index contributed by atoms with van der Waals surface area (Å²) < 4.78 is 7.03. The summed E-state index contributed by atoms with van der Waals surface area (Å²) in [5.74, 6) is 1.09. The van der Waals surface area contributed by atoms with Crippen LogP contribution in [0.4, 0.5) is 5.69 Å². The molecule has 0 saturated heterocycles. The molecule has 1 atom stereocenters. The van der Waals surface area contributed by atoms with Crippen molar-refractivity contribution in [3.05, 3.63) is 89.3 Å². The lowest BCUT2D eigenvalue weighted by atomic mass is 9.77. The van der Waals surface area contributed by atoms with E-state index in [4.69, 9.17) is 9.73 Å². The van der Waals surface area contributed by atoms with E-state index in [1.165, 1.54) is 40.4 Å². The molecule has 1 aliphatic carbocycles. The molecule has 2 aliphatic heterocycles. The third-order valence-electron chi connectivity index (χ3n) is 7.39. The average Bonchev–Trinajstić information content (AvgIpc) is 2.98. The molecule has 3 aromatic rings. The second kappa shape index (κ2) is 6.71. The molecule has 0 amide bonds. The molecule has 3 aliphatic rings. The number of rotatable bonds is 2. The lowest BCUT2D eigenvalue weighted by Crippen LogP contribution is -2.59. The van der Waals surface area contributed by atoms with E-state index < -0.39 is 5.72 Å². The molecule has 0 N–H and O–H groups in total. The van der Waals surface area contributed by atoms with Crippen molar-refractivity contribution in [1.82, 2.24) is 0 Å². The van der Waals surface area contributed by atoms with Crippen LogP contribution in [-0.4, -0.2) is 11.9 Å². The summed E-state index contributed by atoms with van der Waals surface area (Å²) in [6.45, 7) is 5.40. The monoisotopic (exact) mass is 408 g/mol. The van der Waals surface area contributed by atoms with E-state index in [0.717, 1.165) is 30.8 Å². The first-order valence-corrected chi connectivity index (χ1v) is 11.4. The molecule has 3 heteroatoms. The van der Waals surface area contributed by atoms with E-state index in [0.29, 0.717) is 0 Å². The molecule has 156 valence electrons. The largest absolute Gasteiger partial charge is 0.464 e. The Hall–Kier alpha value is -3.07. The van der Waals surface area contributed by atoms with Crippen molar-refractivity contribution in [2.45, 2.75) is 57.2 Å². The number of benzene rings is 3. The lowest BCUT2D eigenvalue weighted by molar-refractivity contribution is 0.00243. The van der Waals surface area contributed by atoms with Crippen LogP contribution in [0.15, 0.2) is 83.2 Å². The van der Waals surface area contributed by atoms with Gasteiger partial charge in [-0.05, 0) is 49.6 Å². The maximum atomic E-state index is 7.03. The molecule has 3 nitrogen and oxygen atoms in total. The van der Waals surface area contributed by atoms with Crippen LogP contribution in [0.25, 0.3) is 10.8 Å². The Morgan fingerprint density at radius 1 is 0.903 bits per heavy atom. The second-order valence-corrected chi connectivity index (χ2v) is 9.51. The van der Waals surface area contributed by atoms with Crippen molar-refractivity contribution < 1.29 is 4.74 Å². The molecule has 0 radical (unpaired) electrons. The van der Waals surface area contributed by atoms with Crippen LogP contribution >= 0.6 is 0 Å². The third kappa shape index (κ3) is 2.62. The highest BCUT2D eigenvalue weighted by Gasteiger charge is 2.60. The Labute approximate surface area is 184 Å². The standard InChI is InChI=1S/C28H28N2O/c1-27(2)23-17-16-21-12-6-7-13-22(21)26(23)30(18-20-10-4-3-5-11-20)28(27)19-29-24-14-8-9-15-25(24)31-28/h3-7,10-13,16-17,19H,8-9,14-15,18H2,1-2H3. The number of fused-ring (bicyclic) bond motifs is 3. The highest BCUT2D eigenvalue weighted by atomic mass is 16.5. The summed E-state index contributed by atoms with van der Waals surface area (Å²) in [5, 5.41) is 2.54. The topological polar surface area (TPSA) is 24.8 Å². The number of allylic oxidation sites excluding steroid dienone is 2. The Morgan fingerprint density at radius 3 is 2.55 bits per heavy atom. The fourth-order valence-corrected chi connectivity index (χ4v) is 5.61. The number of aliphatic imine (C=N–C) groups is 1. The minimum atomic E-state index is -0.633. The highest BCUT2D eigenvalue weighted by Crippen LogP contribution is 2.56. The molecule has 0 aromatic heterocycles. The fraction of sp³-hybridized carbons (Fsp3) is 0.321. The van der Waals surface area contributed by atoms with Crippen LogP contribution in [0, 0.1) is 0 Å². The first kappa shape index (κ1) is 18.7. The number of ether oxygens (including phenoxy) is 1. The maximum Gasteiger partial charge on any atom is 0.228 e. The Kier molecular flexibility index (Phi) is 4.05. The molecular formula is C28H28N2O. The molecule has 1 unspecified atom stereocenters. The van der Waals surface area contributed by atoms with E-state index in [2.05, 4.69) is 91.7 Å². The minimum absolute atomic E-state index is 0.249. The Balaban J connectivity index is 1.58. The number of nitrogens with zero attached hydrogens (tertiary/aromatic N) is 2. The van der Waals surface area contributed by atoms with Gasteiger partial charge in [-0.3, -0.25) is 4.99 Å². The first-order chi connectivity index (χ1) is 15.1. The third-order valence-corrected chi connectivity index (χ3v) is 7.39. The SMILES string of the molecule is CC1(C)c2ccc3ccccc3c2N(Cc2ccccc2)C12C=NC1=C(CCCC1)O2. The molecule has 0 bridgehead atoms. The van der Waals surface area contributed by atoms with Crippen molar-refractivity contribution in [3.8, 4) is 0 Å². The van der Waals surface area contributed by atoms with Crippen LogP contribution in [0.3, 0.4) is 0 Å². The zero-order chi connectivity index (χ0) is 21.1. The van der Waals surface area contributed by atoms with E-state index in [1.807, 2.05) is 0 Å². The maximum absolute atomic E-state index is 7.03. The van der Waals surface area contributed by atoms with Crippen LogP contribution < -0.4 is 4.90 Å². The lowest BCUT2D eigenvalue weighted by Gasteiger charge is -2.47. The molecule has 0 saturated carbocycles. The van der Waals surface area contributed by atoms with Crippen molar-refractivity contribution in [3.63, 3.8) is 0 Å². The van der Waals surface area contributed by atoms with Crippen LogP contribution in [0.5, 0.6) is 0 Å². The van der Waals surface area contributed by atoms with Crippen molar-refractivity contribution in [1.29, 1.82) is 0 Å². The van der Waals surface area contributed by atoms with Crippen molar-refractivity contribution in [2.75, 3.05) is 4.90 Å². The quantitative estimate of drug-likeness (QED) is 0.470. The predicted octanol–water partition coefficient (Wildman–Crippen LogP) is 6.72. The normalized spacial score (nSPS) is 23.7. The van der Waals surface area contributed by atoms with Gasteiger partial charge in [0, 0.05) is 18.4 Å².